The molecule has 7 heteroatoms. The van der Waals surface area contributed by atoms with E-state index >= 15 is 0 Å². The van der Waals surface area contributed by atoms with Crippen LogP contribution in [0.3, 0.4) is 0 Å². The number of unbranched alkanes of at least 4 members (excludes halogenated alkanes) is 6. The third-order valence-electron chi connectivity index (χ3n) is 5.17. The molecule has 0 saturated carbocycles. The Labute approximate surface area is 207 Å². The van der Waals surface area contributed by atoms with Gasteiger partial charge in [-0.1, -0.05) is 75.8 Å². The minimum atomic E-state index is -0.475. The molecule has 0 aliphatic heterocycles. The van der Waals surface area contributed by atoms with Crippen molar-refractivity contribution >= 4 is 30.1 Å². The monoisotopic (exact) mass is 477 g/mol. The highest BCUT2D eigenvalue weighted by atomic mass is 16.5. The van der Waals surface area contributed by atoms with E-state index in [9.17, 15) is 14.4 Å². The molecule has 0 atom stereocenters. The van der Waals surface area contributed by atoms with Crippen LogP contribution in [0.1, 0.15) is 69.4 Å². The molecule has 0 saturated heterocycles. The van der Waals surface area contributed by atoms with Gasteiger partial charge in [-0.2, -0.15) is 5.10 Å². The minimum absolute atomic E-state index is 0.113. The highest BCUT2D eigenvalue weighted by molar-refractivity contribution is 5.89. The average molecular weight is 478 g/mol. The molecule has 0 heterocycles. The van der Waals surface area contributed by atoms with E-state index in [1.54, 1.807) is 30.3 Å². The number of nitrogens with one attached hydrogen (secondary N) is 2. The van der Waals surface area contributed by atoms with E-state index in [1.807, 2.05) is 30.3 Å². The fourth-order valence-electron chi connectivity index (χ4n) is 3.23. The Balaban J connectivity index is 1.61. The van der Waals surface area contributed by atoms with E-state index in [0.29, 0.717) is 17.7 Å². The van der Waals surface area contributed by atoms with Gasteiger partial charge in [-0.15, -0.1) is 0 Å². The van der Waals surface area contributed by atoms with Gasteiger partial charge < -0.3 is 10.1 Å². The molecule has 2 amide bonds. The first-order valence-corrected chi connectivity index (χ1v) is 12.2. The summed E-state index contributed by atoms with van der Waals surface area (Å²) in [6.45, 7) is 2.08. The summed E-state index contributed by atoms with van der Waals surface area (Å²) in [7, 11) is 0. The maximum absolute atomic E-state index is 11.9. The van der Waals surface area contributed by atoms with Crippen molar-refractivity contribution < 1.29 is 19.1 Å². The number of carbonyl (C=O) groups excluding carboxylic acids is 3. The smallest absolute Gasteiger partial charge is 0.336 e. The molecule has 0 aliphatic carbocycles. The predicted octanol–water partition coefficient (Wildman–Crippen LogP) is 5.01. The van der Waals surface area contributed by atoms with Gasteiger partial charge in [0.2, 0.25) is 5.91 Å². The predicted molar refractivity (Wildman–Crippen MR) is 139 cm³/mol. The first-order valence-electron chi connectivity index (χ1n) is 12.2. The molecule has 2 rings (SSSR count). The molecule has 0 spiro atoms. The van der Waals surface area contributed by atoms with E-state index in [1.165, 1.54) is 38.0 Å². The molecule has 0 radical (unpaired) electrons. The number of benzene rings is 2. The Bertz CT molecular complexity index is 969. The van der Waals surface area contributed by atoms with Crippen LogP contribution in [-0.4, -0.2) is 30.5 Å². The molecular formula is C28H35N3O4. The van der Waals surface area contributed by atoms with Gasteiger partial charge in [-0.25, -0.2) is 10.2 Å². The van der Waals surface area contributed by atoms with Crippen LogP contribution in [-0.2, 0) is 14.4 Å². The number of hydrogen-bond acceptors (Lipinski definition) is 5. The van der Waals surface area contributed by atoms with Gasteiger partial charge in [-0.3, -0.25) is 9.59 Å². The Kier molecular flexibility index (Phi) is 13.2. The third kappa shape index (κ3) is 12.9. The first-order chi connectivity index (χ1) is 17.1. The van der Waals surface area contributed by atoms with E-state index < -0.39 is 11.9 Å². The largest absolute Gasteiger partial charge is 0.423 e. The van der Waals surface area contributed by atoms with Crippen LogP contribution in [0.4, 0.5) is 0 Å². The van der Waals surface area contributed by atoms with Gasteiger partial charge in [0.05, 0.1) is 12.8 Å². The summed E-state index contributed by atoms with van der Waals surface area (Å²) in [5.74, 6) is -0.597. The van der Waals surface area contributed by atoms with E-state index in [2.05, 4.69) is 22.8 Å². The maximum Gasteiger partial charge on any atom is 0.336 e. The Hall–Kier alpha value is -3.74. The van der Waals surface area contributed by atoms with E-state index in [-0.39, 0.29) is 12.5 Å². The number of amides is 2. The zero-order valence-corrected chi connectivity index (χ0v) is 20.4. The summed E-state index contributed by atoms with van der Waals surface area (Å²) in [5, 5.41) is 6.50. The summed E-state index contributed by atoms with van der Waals surface area (Å²) in [6.07, 6.45) is 13.0. The lowest BCUT2D eigenvalue weighted by Gasteiger charge is -2.04. The zero-order chi connectivity index (χ0) is 25.1. The summed E-state index contributed by atoms with van der Waals surface area (Å²) >= 11 is 0. The molecule has 2 aromatic rings. The van der Waals surface area contributed by atoms with Crippen molar-refractivity contribution in [2.45, 2.75) is 58.3 Å². The van der Waals surface area contributed by atoms with Crippen LogP contribution in [0, 0.1) is 0 Å². The Morgan fingerprint density at radius 3 is 2.23 bits per heavy atom. The first kappa shape index (κ1) is 27.5. The van der Waals surface area contributed by atoms with E-state index in [0.717, 1.165) is 24.8 Å². The van der Waals surface area contributed by atoms with Gasteiger partial charge in [0.1, 0.15) is 5.75 Å². The maximum atomic E-state index is 11.9. The molecule has 0 unspecified atom stereocenters. The van der Waals surface area contributed by atoms with E-state index in [4.69, 9.17) is 4.74 Å². The summed E-state index contributed by atoms with van der Waals surface area (Å²) in [4.78, 5) is 35.6. The summed E-state index contributed by atoms with van der Waals surface area (Å²) in [6, 6.07) is 16.2. The molecule has 0 bridgehead atoms. The number of carbonyl (C=O) groups is 3. The molecule has 0 aromatic heterocycles. The van der Waals surface area contributed by atoms with Gasteiger partial charge in [0, 0.05) is 12.5 Å². The fourth-order valence-corrected chi connectivity index (χ4v) is 3.23. The number of esters is 1. The molecular weight excluding hydrogens is 442 g/mol. The van der Waals surface area contributed by atoms with Gasteiger partial charge in [-0.05, 0) is 47.9 Å². The molecule has 7 nitrogen and oxygen atoms in total. The lowest BCUT2D eigenvalue weighted by molar-refractivity contribution is -0.129. The Morgan fingerprint density at radius 1 is 0.829 bits per heavy atom. The van der Waals surface area contributed by atoms with Crippen molar-refractivity contribution in [2.75, 3.05) is 6.54 Å². The van der Waals surface area contributed by atoms with Crippen LogP contribution < -0.4 is 15.5 Å². The number of ether oxygens (including phenoxy) is 1. The van der Waals surface area contributed by atoms with Crippen molar-refractivity contribution in [3.8, 4) is 5.75 Å². The second-order valence-electron chi connectivity index (χ2n) is 8.18. The molecule has 186 valence electrons. The second-order valence-corrected chi connectivity index (χ2v) is 8.18. The Morgan fingerprint density at radius 2 is 1.51 bits per heavy atom. The lowest BCUT2D eigenvalue weighted by atomic mass is 10.1. The molecule has 35 heavy (non-hydrogen) atoms. The summed E-state index contributed by atoms with van der Waals surface area (Å²) < 4.78 is 5.26. The standard InChI is InChI=1S/C28H35N3O4/c1-2-3-4-5-6-7-11-14-26(32)29-22-27(33)31-30-21-24-15-18-25(19-16-24)35-28(34)20-17-23-12-9-8-10-13-23/h8-10,12-13,15-21H,2-7,11,14,22H2,1H3,(H,29,32)(H,31,33)/b20-17+,30-21-. The van der Waals surface area contributed by atoms with Crippen molar-refractivity contribution in [3.63, 3.8) is 0 Å². The minimum Gasteiger partial charge on any atom is -0.423 e. The van der Waals surface area contributed by atoms with Crippen molar-refractivity contribution in [3.05, 3.63) is 71.8 Å². The highest BCUT2D eigenvalue weighted by Crippen LogP contribution is 2.12. The van der Waals surface area contributed by atoms with Crippen LogP contribution in [0.2, 0.25) is 0 Å². The summed E-state index contributed by atoms with van der Waals surface area (Å²) in [5.41, 5.74) is 4.01. The van der Waals surface area contributed by atoms with Crippen LogP contribution in [0.15, 0.2) is 65.8 Å². The van der Waals surface area contributed by atoms with Gasteiger partial charge in [0.25, 0.3) is 5.91 Å². The number of hydrazone groups is 1. The van der Waals surface area contributed by atoms with Crippen molar-refractivity contribution in [1.29, 1.82) is 0 Å². The quantitative estimate of drug-likeness (QED) is 0.0941. The molecule has 2 aromatic carbocycles. The lowest BCUT2D eigenvalue weighted by Crippen LogP contribution is -2.34. The number of rotatable bonds is 15. The van der Waals surface area contributed by atoms with Crippen molar-refractivity contribution in [1.82, 2.24) is 10.7 Å². The van der Waals surface area contributed by atoms with Crippen LogP contribution in [0.25, 0.3) is 6.08 Å². The molecule has 0 fully saturated rings. The number of nitrogens with zero attached hydrogens (tertiary/aromatic N) is 1. The van der Waals surface area contributed by atoms with Crippen LogP contribution >= 0.6 is 0 Å². The van der Waals surface area contributed by atoms with Gasteiger partial charge >= 0.3 is 5.97 Å². The van der Waals surface area contributed by atoms with Crippen molar-refractivity contribution in [2.24, 2.45) is 5.10 Å². The van der Waals surface area contributed by atoms with Crippen LogP contribution in [0.5, 0.6) is 5.75 Å². The van der Waals surface area contributed by atoms with Gasteiger partial charge in [0.15, 0.2) is 0 Å². The topological polar surface area (TPSA) is 96.9 Å². The number of hydrogen-bond donors (Lipinski definition) is 2. The second kappa shape index (κ2) is 16.8. The third-order valence-corrected chi connectivity index (χ3v) is 5.17. The SMILES string of the molecule is CCCCCCCCCC(=O)NCC(=O)N/N=C\c1ccc(OC(=O)/C=C/c2ccccc2)cc1. The average Bonchev–Trinajstić information content (AvgIpc) is 2.87. The highest BCUT2D eigenvalue weighted by Gasteiger charge is 2.05. The molecule has 0 aliphatic rings. The molecule has 2 N–H and O–H groups in total. The normalized spacial score (nSPS) is 11.0. The zero-order valence-electron chi connectivity index (χ0n) is 20.4. The fraction of sp³-hybridized carbons (Fsp3) is 0.357.